The van der Waals surface area contributed by atoms with Gasteiger partial charge in [0, 0.05) is 6.04 Å². The van der Waals surface area contributed by atoms with Gasteiger partial charge in [0.15, 0.2) is 0 Å². The molecule has 1 atom stereocenters. The third-order valence-corrected chi connectivity index (χ3v) is 5.48. The van der Waals surface area contributed by atoms with Crippen LogP contribution in [0.2, 0.25) is 0 Å². The fraction of sp³-hybridized carbons (Fsp3) is 0.588. The fourth-order valence-corrected chi connectivity index (χ4v) is 3.93. The van der Waals surface area contributed by atoms with E-state index in [1.165, 1.54) is 11.6 Å². The molecule has 21 heavy (non-hydrogen) atoms. The van der Waals surface area contributed by atoms with E-state index < -0.39 is 11.4 Å². The fourth-order valence-electron chi connectivity index (χ4n) is 3.93. The van der Waals surface area contributed by atoms with Crippen LogP contribution in [0, 0.1) is 11.2 Å². The number of piperidine rings is 1. The van der Waals surface area contributed by atoms with Crippen molar-refractivity contribution in [1.82, 2.24) is 4.90 Å². The molecule has 1 heterocycles. The smallest absolute Gasteiger partial charge is 0.309 e. The number of aliphatic carboxylic acids is 1. The zero-order valence-corrected chi connectivity index (χ0v) is 12.4. The maximum atomic E-state index is 13.3. The molecule has 1 saturated heterocycles. The van der Waals surface area contributed by atoms with E-state index in [4.69, 9.17) is 0 Å². The van der Waals surface area contributed by atoms with Crippen molar-refractivity contribution in [3.63, 3.8) is 0 Å². The zero-order valence-electron chi connectivity index (χ0n) is 12.4. The first-order chi connectivity index (χ1) is 10.1. The molecule has 0 radical (unpaired) electrons. The first-order valence-corrected chi connectivity index (χ1v) is 7.81. The number of nitrogens with zero attached hydrogens (tertiary/aromatic N) is 1. The van der Waals surface area contributed by atoms with Crippen LogP contribution >= 0.6 is 0 Å². The van der Waals surface area contributed by atoms with Gasteiger partial charge in [-0.1, -0.05) is 13.0 Å². The van der Waals surface area contributed by atoms with Gasteiger partial charge in [0.2, 0.25) is 0 Å². The van der Waals surface area contributed by atoms with Crippen LogP contribution in [-0.4, -0.2) is 29.1 Å². The predicted octanol–water partition coefficient (Wildman–Crippen LogP) is 3.39. The molecule has 0 bridgehead atoms. The van der Waals surface area contributed by atoms with Gasteiger partial charge in [0.1, 0.15) is 5.82 Å². The molecule has 1 N–H and O–H groups in total. The van der Waals surface area contributed by atoms with Gasteiger partial charge in [0.05, 0.1) is 5.41 Å². The number of benzene rings is 1. The van der Waals surface area contributed by atoms with Crippen LogP contribution in [0.4, 0.5) is 4.39 Å². The highest BCUT2D eigenvalue weighted by molar-refractivity contribution is 5.74. The van der Waals surface area contributed by atoms with E-state index in [9.17, 15) is 14.3 Å². The first kappa shape index (κ1) is 14.5. The van der Waals surface area contributed by atoms with Gasteiger partial charge in [-0.3, -0.25) is 9.69 Å². The normalized spacial score (nSPS) is 24.8. The predicted molar refractivity (Wildman–Crippen MR) is 78.6 cm³/mol. The summed E-state index contributed by atoms with van der Waals surface area (Å²) in [7, 11) is 0. The number of carbonyl (C=O) groups is 1. The molecule has 1 unspecified atom stereocenters. The summed E-state index contributed by atoms with van der Waals surface area (Å²) in [6.07, 6.45) is 4.07. The number of halogens is 1. The third kappa shape index (κ3) is 2.46. The first-order valence-electron chi connectivity index (χ1n) is 7.81. The second-order valence-corrected chi connectivity index (χ2v) is 6.37. The highest BCUT2D eigenvalue weighted by Gasteiger charge is 2.42. The molecular formula is C17H22FNO2. The SMILES string of the molecule is CCC1(C(=O)O)CCN(C2CCc3cc(F)ccc32)CC1. The lowest BCUT2D eigenvalue weighted by Gasteiger charge is -2.41. The van der Waals surface area contributed by atoms with E-state index in [-0.39, 0.29) is 5.82 Å². The van der Waals surface area contributed by atoms with Crippen LogP contribution < -0.4 is 0 Å². The number of rotatable bonds is 3. The maximum Gasteiger partial charge on any atom is 0.309 e. The molecule has 0 saturated carbocycles. The Bertz CT molecular complexity index is 550. The van der Waals surface area contributed by atoms with E-state index in [0.29, 0.717) is 25.3 Å². The minimum Gasteiger partial charge on any atom is -0.481 e. The molecule has 1 fully saturated rings. The van der Waals surface area contributed by atoms with Crippen LogP contribution in [0.25, 0.3) is 0 Å². The van der Waals surface area contributed by atoms with E-state index in [1.54, 1.807) is 6.07 Å². The summed E-state index contributed by atoms with van der Waals surface area (Å²) in [6.45, 7) is 3.61. The minimum absolute atomic E-state index is 0.163. The van der Waals surface area contributed by atoms with Gasteiger partial charge in [-0.2, -0.15) is 0 Å². The summed E-state index contributed by atoms with van der Waals surface area (Å²) in [5.41, 5.74) is 1.81. The zero-order chi connectivity index (χ0) is 15.0. The van der Waals surface area contributed by atoms with Crippen LogP contribution in [0.15, 0.2) is 18.2 Å². The van der Waals surface area contributed by atoms with Crippen molar-refractivity contribution in [1.29, 1.82) is 0 Å². The van der Waals surface area contributed by atoms with Gasteiger partial charge < -0.3 is 5.11 Å². The van der Waals surface area contributed by atoms with Crippen molar-refractivity contribution in [2.24, 2.45) is 5.41 Å². The summed E-state index contributed by atoms with van der Waals surface area (Å²) < 4.78 is 13.3. The average molecular weight is 291 g/mol. The van der Waals surface area contributed by atoms with Crippen LogP contribution in [0.5, 0.6) is 0 Å². The highest BCUT2D eigenvalue weighted by atomic mass is 19.1. The van der Waals surface area contributed by atoms with Gasteiger partial charge in [0.25, 0.3) is 0 Å². The molecular weight excluding hydrogens is 269 g/mol. The van der Waals surface area contributed by atoms with Gasteiger partial charge >= 0.3 is 5.97 Å². The Hall–Kier alpha value is -1.42. The van der Waals surface area contributed by atoms with E-state index in [2.05, 4.69) is 4.90 Å². The van der Waals surface area contributed by atoms with Crippen molar-refractivity contribution in [3.8, 4) is 0 Å². The second kappa shape index (κ2) is 5.41. The van der Waals surface area contributed by atoms with Crippen LogP contribution in [0.3, 0.4) is 0 Å². The average Bonchev–Trinajstić information content (AvgIpc) is 2.90. The quantitative estimate of drug-likeness (QED) is 0.928. The Morgan fingerprint density at radius 3 is 2.76 bits per heavy atom. The standard InChI is InChI=1S/C17H22FNO2/c1-2-17(16(20)21)7-9-19(10-8-17)15-6-3-12-11-13(18)4-5-14(12)15/h4-5,11,15H,2-3,6-10H2,1H3,(H,20,21). The summed E-state index contributed by atoms with van der Waals surface area (Å²) >= 11 is 0. The molecule has 3 rings (SSSR count). The number of carboxylic acids is 1. The summed E-state index contributed by atoms with van der Waals surface area (Å²) in [6, 6.07) is 5.42. The van der Waals surface area contributed by atoms with Crippen molar-refractivity contribution in [2.75, 3.05) is 13.1 Å². The largest absolute Gasteiger partial charge is 0.481 e. The Morgan fingerprint density at radius 2 is 2.14 bits per heavy atom. The van der Waals surface area contributed by atoms with Crippen molar-refractivity contribution < 1.29 is 14.3 Å². The van der Waals surface area contributed by atoms with Crippen LogP contribution in [-0.2, 0) is 11.2 Å². The van der Waals surface area contributed by atoms with E-state index in [1.807, 2.05) is 13.0 Å². The number of fused-ring (bicyclic) bond motifs is 1. The minimum atomic E-state index is -0.654. The monoisotopic (exact) mass is 291 g/mol. The molecule has 0 aromatic heterocycles. The summed E-state index contributed by atoms with van der Waals surface area (Å²) in [5.74, 6) is -0.817. The lowest BCUT2D eigenvalue weighted by atomic mass is 9.76. The second-order valence-electron chi connectivity index (χ2n) is 6.37. The Balaban J connectivity index is 1.73. The summed E-state index contributed by atoms with van der Waals surface area (Å²) in [4.78, 5) is 13.9. The molecule has 3 nitrogen and oxygen atoms in total. The van der Waals surface area contributed by atoms with Crippen molar-refractivity contribution in [2.45, 2.75) is 45.1 Å². The molecule has 1 aliphatic carbocycles. The molecule has 1 aromatic carbocycles. The lowest BCUT2D eigenvalue weighted by Crippen LogP contribution is -2.45. The maximum absolute atomic E-state index is 13.3. The summed E-state index contributed by atoms with van der Waals surface area (Å²) in [5, 5.41) is 9.47. The van der Waals surface area contributed by atoms with E-state index >= 15 is 0 Å². The topological polar surface area (TPSA) is 40.5 Å². The Morgan fingerprint density at radius 1 is 1.43 bits per heavy atom. The van der Waals surface area contributed by atoms with E-state index in [0.717, 1.165) is 31.5 Å². The Kier molecular flexibility index (Phi) is 3.74. The number of aryl methyl sites for hydroxylation is 1. The van der Waals surface area contributed by atoms with Gasteiger partial charge in [-0.25, -0.2) is 4.39 Å². The number of carboxylic acid groups (broad SMARTS) is 1. The van der Waals surface area contributed by atoms with Gasteiger partial charge in [-0.05, 0) is 68.5 Å². The van der Waals surface area contributed by atoms with Crippen LogP contribution in [0.1, 0.15) is 49.8 Å². The lowest BCUT2D eigenvalue weighted by molar-refractivity contribution is -0.152. The highest BCUT2D eigenvalue weighted by Crippen LogP contribution is 2.42. The molecule has 4 heteroatoms. The van der Waals surface area contributed by atoms with Crippen molar-refractivity contribution in [3.05, 3.63) is 35.1 Å². The van der Waals surface area contributed by atoms with Crippen molar-refractivity contribution >= 4 is 5.97 Å². The number of hydrogen-bond acceptors (Lipinski definition) is 2. The van der Waals surface area contributed by atoms with Gasteiger partial charge in [-0.15, -0.1) is 0 Å². The molecule has 2 aliphatic rings. The molecule has 0 amide bonds. The molecule has 114 valence electrons. The third-order valence-electron chi connectivity index (χ3n) is 5.48. The molecule has 0 spiro atoms. The molecule has 1 aromatic rings. The number of likely N-dealkylation sites (tertiary alicyclic amines) is 1. The molecule has 1 aliphatic heterocycles. The number of hydrogen-bond donors (Lipinski definition) is 1. The Labute approximate surface area is 124 Å².